The van der Waals surface area contributed by atoms with Crippen molar-refractivity contribution in [1.29, 1.82) is 0 Å². The van der Waals surface area contributed by atoms with Crippen LogP contribution in [0.1, 0.15) is 18.4 Å². The summed E-state index contributed by atoms with van der Waals surface area (Å²) < 4.78 is 38.4. The van der Waals surface area contributed by atoms with Crippen molar-refractivity contribution >= 4 is 15.9 Å². The maximum absolute atomic E-state index is 13.2. The number of sulfonamides is 1. The number of nitrogens with zero attached hydrogens (tertiary/aromatic N) is 2. The van der Waals surface area contributed by atoms with Gasteiger partial charge in [0.25, 0.3) is 0 Å². The second kappa shape index (κ2) is 5.62. The van der Waals surface area contributed by atoms with Crippen molar-refractivity contribution in [3.8, 4) is 0 Å². The van der Waals surface area contributed by atoms with E-state index < -0.39 is 10.0 Å². The molecule has 1 aromatic rings. The van der Waals surface area contributed by atoms with E-state index in [9.17, 15) is 17.6 Å². The molecule has 0 aliphatic carbocycles. The summed E-state index contributed by atoms with van der Waals surface area (Å²) in [6.45, 7) is 0.857. The number of carbonyl (C=O) groups is 1. The molecule has 2 heterocycles. The Kier molecular flexibility index (Phi) is 3.94. The first kappa shape index (κ1) is 15.4. The maximum Gasteiger partial charge on any atom is 0.227 e. The molecule has 3 rings (SSSR count). The minimum atomic E-state index is -3.23. The van der Waals surface area contributed by atoms with Crippen molar-refractivity contribution < 1.29 is 17.6 Å². The number of halogens is 1. The van der Waals surface area contributed by atoms with E-state index in [1.54, 1.807) is 21.3 Å². The van der Waals surface area contributed by atoms with Gasteiger partial charge in [0.05, 0.1) is 12.7 Å². The minimum absolute atomic E-state index is 0.0735. The molecule has 120 valence electrons. The van der Waals surface area contributed by atoms with Crippen LogP contribution in [0.4, 0.5) is 4.39 Å². The molecule has 2 saturated heterocycles. The van der Waals surface area contributed by atoms with Crippen LogP contribution in [0.15, 0.2) is 24.3 Å². The molecule has 5 nitrogen and oxygen atoms in total. The van der Waals surface area contributed by atoms with Crippen molar-refractivity contribution in [2.24, 2.45) is 0 Å². The summed E-state index contributed by atoms with van der Waals surface area (Å²) in [6, 6.07) is 5.78. The highest BCUT2D eigenvalue weighted by molar-refractivity contribution is 7.88. The van der Waals surface area contributed by atoms with Crippen LogP contribution >= 0.6 is 0 Å². The van der Waals surface area contributed by atoms with Gasteiger partial charge in [0.1, 0.15) is 5.82 Å². The lowest BCUT2D eigenvalue weighted by Gasteiger charge is -2.39. The predicted octanol–water partition coefficient (Wildman–Crippen LogP) is 1.00. The Morgan fingerprint density at radius 3 is 2.45 bits per heavy atom. The fourth-order valence-electron chi connectivity index (χ4n) is 3.54. The molecule has 2 bridgehead atoms. The monoisotopic (exact) mass is 326 g/mol. The molecular weight excluding hydrogens is 307 g/mol. The standard InChI is InChI=1S/C15H19FN2O3S/c1-22(20,21)18-13-5-6-14(18)10-17(9-13)15(19)8-11-3-2-4-12(16)7-11/h2-4,7,13-14H,5-6,8-10H2,1H3/t13-,14-/m0/s1. The third-order valence-electron chi connectivity index (χ3n) is 4.40. The van der Waals surface area contributed by atoms with Crippen LogP contribution in [0.2, 0.25) is 0 Å². The van der Waals surface area contributed by atoms with Crippen molar-refractivity contribution in [3.05, 3.63) is 35.6 Å². The van der Waals surface area contributed by atoms with Gasteiger partial charge in [0.15, 0.2) is 0 Å². The molecule has 0 unspecified atom stereocenters. The van der Waals surface area contributed by atoms with Gasteiger partial charge >= 0.3 is 0 Å². The molecule has 1 aromatic carbocycles. The van der Waals surface area contributed by atoms with Crippen molar-refractivity contribution in [3.63, 3.8) is 0 Å². The van der Waals surface area contributed by atoms with E-state index in [-0.39, 0.29) is 30.2 Å². The summed E-state index contributed by atoms with van der Waals surface area (Å²) in [5, 5.41) is 0. The zero-order chi connectivity index (χ0) is 15.9. The number of likely N-dealkylation sites (tertiary alicyclic amines) is 1. The molecule has 2 aliphatic rings. The largest absolute Gasteiger partial charge is 0.339 e. The number of amides is 1. The Bertz CT molecular complexity index is 678. The van der Waals surface area contributed by atoms with Crippen LogP contribution in [-0.4, -0.2) is 55.0 Å². The van der Waals surface area contributed by atoms with E-state index in [1.807, 2.05) is 0 Å². The number of piperazine rings is 1. The fourth-order valence-corrected chi connectivity index (χ4v) is 4.97. The van der Waals surface area contributed by atoms with Crippen LogP contribution in [-0.2, 0) is 21.2 Å². The average molecular weight is 326 g/mol. The van der Waals surface area contributed by atoms with Gasteiger partial charge in [-0.25, -0.2) is 12.8 Å². The summed E-state index contributed by atoms with van der Waals surface area (Å²) in [6.07, 6.45) is 2.96. The van der Waals surface area contributed by atoms with E-state index in [2.05, 4.69) is 0 Å². The highest BCUT2D eigenvalue weighted by Crippen LogP contribution is 2.32. The average Bonchev–Trinajstić information content (AvgIpc) is 2.70. The molecule has 0 radical (unpaired) electrons. The lowest BCUT2D eigenvalue weighted by molar-refractivity contribution is -0.132. The van der Waals surface area contributed by atoms with Crippen molar-refractivity contribution in [1.82, 2.24) is 9.21 Å². The molecule has 2 fully saturated rings. The minimum Gasteiger partial charge on any atom is -0.339 e. The highest BCUT2D eigenvalue weighted by Gasteiger charge is 2.45. The van der Waals surface area contributed by atoms with E-state index in [0.29, 0.717) is 18.7 Å². The maximum atomic E-state index is 13.2. The third kappa shape index (κ3) is 3.01. The van der Waals surface area contributed by atoms with Crippen molar-refractivity contribution in [2.75, 3.05) is 19.3 Å². The van der Waals surface area contributed by atoms with Gasteiger partial charge in [-0.3, -0.25) is 4.79 Å². The first-order valence-electron chi connectivity index (χ1n) is 7.35. The summed E-state index contributed by atoms with van der Waals surface area (Å²) in [5.74, 6) is -0.428. The number of carbonyl (C=O) groups excluding carboxylic acids is 1. The van der Waals surface area contributed by atoms with E-state index in [4.69, 9.17) is 0 Å². The molecule has 0 N–H and O–H groups in total. The normalized spacial score (nSPS) is 25.5. The summed E-state index contributed by atoms with van der Waals surface area (Å²) in [7, 11) is -3.23. The molecule has 0 spiro atoms. The summed E-state index contributed by atoms with van der Waals surface area (Å²) >= 11 is 0. The van der Waals surface area contributed by atoms with Gasteiger partial charge in [-0.1, -0.05) is 12.1 Å². The summed E-state index contributed by atoms with van der Waals surface area (Å²) in [5.41, 5.74) is 0.642. The number of rotatable bonds is 3. The quantitative estimate of drug-likeness (QED) is 0.833. The predicted molar refractivity (Wildman–Crippen MR) is 80.2 cm³/mol. The fraction of sp³-hybridized carbons (Fsp3) is 0.533. The number of fused-ring (bicyclic) bond motifs is 2. The molecule has 2 atom stereocenters. The second-order valence-electron chi connectivity index (χ2n) is 6.08. The number of hydrogen-bond acceptors (Lipinski definition) is 3. The van der Waals surface area contributed by atoms with Gasteiger partial charge in [0.2, 0.25) is 15.9 Å². The van der Waals surface area contributed by atoms with Crippen LogP contribution in [0.3, 0.4) is 0 Å². The van der Waals surface area contributed by atoms with Crippen LogP contribution in [0.5, 0.6) is 0 Å². The first-order valence-corrected chi connectivity index (χ1v) is 9.20. The van der Waals surface area contributed by atoms with Crippen LogP contribution in [0, 0.1) is 5.82 Å². The molecular formula is C15H19FN2O3S. The van der Waals surface area contributed by atoms with E-state index >= 15 is 0 Å². The number of hydrogen-bond donors (Lipinski definition) is 0. The van der Waals surface area contributed by atoms with Gasteiger partial charge in [-0.05, 0) is 30.5 Å². The Hall–Kier alpha value is -1.47. The Morgan fingerprint density at radius 2 is 1.91 bits per heavy atom. The topological polar surface area (TPSA) is 57.7 Å². The SMILES string of the molecule is CS(=O)(=O)N1[C@H]2CC[C@H]1CN(C(=O)Cc1cccc(F)c1)C2. The van der Waals surface area contributed by atoms with Gasteiger partial charge in [-0.15, -0.1) is 0 Å². The third-order valence-corrected chi connectivity index (χ3v) is 5.76. The first-order chi connectivity index (χ1) is 10.3. The molecule has 0 aromatic heterocycles. The lowest BCUT2D eigenvalue weighted by Crippen LogP contribution is -2.57. The molecule has 0 saturated carbocycles. The van der Waals surface area contributed by atoms with Gasteiger partial charge < -0.3 is 4.90 Å². The van der Waals surface area contributed by atoms with Crippen molar-refractivity contribution in [2.45, 2.75) is 31.3 Å². The molecule has 1 amide bonds. The molecule has 7 heteroatoms. The second-order valence-corrected chi connectivity index (χ2v) is 7.97. The smallest absolute Gasteiger partial charge is 0.227 e. The van der Waals surface area contributed by atoms with E-state index in [1.165, 1.54) is 18.4 Å². The zero-order valence-electron chi connectivity index (χ0n) is 12.4. The molecule has 2 aliphatic heterocycles. The lowest BCUT2D eigenvalue weighted by atomic mass is 10.1. The Labute approximate surface area is 129 Å². The van der Waals surface area contributed by atoms with Gasteiger partial charge in [-0.2, -0.15) is 4.31 Å². The number of benzene rings is 1. The summed E-state index contributed by atoms with van der Waals surface area (Å²) in [4.78, 5) is 14.1. The zero-order valence-corrected chi connectivity index (χ0v) is 13.2. The van der Waals surface area contributed by atoms with Crippen LogP contribution in [0.25, 0.3) is 0 Å². The van der Waals surface area contributed by atoms with Crippen LogP contribution < -0.4 is 0 Å². The Balaban J connectivity index is 1.69. The van der Waals surface area contributed by atoms with Gasteiger partial charge in [0, 0.05) is 25.2 Å². The Morgan fingerprint density at radius 1 is 1.27 bits per heavy atom. The van der Waals surface area contributed by atoms with E-state index in [0.717, 1.165) is 12.8 Å². The highest BCUT2D eigenvalue weighted by atomic mass is 32.2. The molecule has 22 heavy (non-hydrogen) atoms.